The van der Waals surface area contributed by atoms with Crippen LogP contribution in [0.15, 0.2) is 53.5 Å². The van der Waals surface area contributed by atoms with E-state index in [-0.39, 0.29) is 30.0 Å². The SMILES string of the molecule is CCCc1cc(C(=O)Nc2cccc(-c3cn(C)c(=O)c(Nc4ccc(N5CCOC(CO)C5)c(N)c4)n3)c2C)sc1C. The zero-order valence-electron chi connectivity index (χ0n) is 24.9. The lowest BCUT2D eigenvalue weighted by molar-refractivity contribution is 0.00360. The third-order valence-electron chi connectivity index (χ3n) is 7.67. The van der Waals surface area contributed by atoms with Gasteiger partial charge in [-0.05, 0) is 61.7 Å². The van der Waals surface area contributed by atoms with Gasteiger partial charge in [-0.15, -0.1) is 11.3 Å². The first kappa shape index (κ1) is 30.3. The van der Waals surface area contributed by atoms with Crippen molar-refractivity contribution in [3.05, 3.63) is 79.9 Å². The molecule has 3 heterocycles. The Balaban J connectivity index is 1.38. The van der Waals surface area contributed by atoms with E-state index in [1.165, 1.54) is 26.3 Å². The first-order valence-corrected chi connectivity index (χ1v) is 15.2. The van der Waals surface area contributed by atoms with Crippen molar-refractivity contribution in [1.82, 2.24) is 9.55 Å². The molecule has 5 N–H and O–H groups in total. The van der Waals surface area contributed by atoms with Gasteiger partial charge in [0, 0.05) is 48.1 Å². The number of hydrogen-bond donors (Lipinski definition) is 4. The number of aryl methyl sites for hydroxylation is 3. The Bertz CT molecular complexity index is 1700. The van der Waals surface area contributed by atoms with Crippen LogP contribution in [-0.4, -0.2) is 53.0 Å². The number of amides is 1. The second-order valence-corrected chi connectivity index (χ2v) is 12.0. The number of nitrogens with zero attached hydrogens (tertiary/aromatic N) is 3. The van der Waals surface area contributed by atoms with Crippen LogP contribution in [0.5, 0.6) is 0 Å². The van der Waals surface area contributed by atoms with E-state index in [0.717, 1.165) is 29.7 Å². The van der Waals surface area contributed by atoms with Gasteiger partial charge in [-0.1, -0.05) is 25.5 Å². The number of ether oxygens (including phenoxy) is 1. The zero-order chi connectivity index (χ0) is 30.7. The number of carbonyl (C=O) groups is 1. The molecule has 0 saturated carbocycles. The number of nitrogens with one attached hydrogen (secondary N) is 2. The Morgan fingerprint density at radius 1 is 1.23 bits per heavy atom. The van der Waals surface area contributed by atoms with E-state index in [1.807, 2.05) is 43.3 Å². The third kappa shape index (κ3) is 6.58. The summed E-state index contributed by atoms with van der Waals surface area (Å²) >= 11 is 1.51. The van der Waals surface area contributed by atoms with Crippen molar-refractivity contribution >= 4 is 45.8 Å². The number of morpholine rings is 1. The van der Waals surface area contributed by atoms with Crippen LogP contribution in [0.3, 0.4) is 0 Å². The van der Waals surface area contributed by atoms with Gasteiger partial charge in [0.15, 0.2) is 5.82 Å². The number of rotatable bonds is 9. The lowest BCUT2D eigenvalue weighted by atomic mass is 10.0. The van der Waals surface area contributed by atoms with Gasteiger partial charge in [-0.3, -0.25) is 9.59 Å². The maximum absolute atomic E-state index is 13.1. The van der Waals surface area contributed by atoms with Gasteiger partial charge in [0.05, 0.1) is 41.3 Å². The topological polar surface area (TPSA) is 135 Å². The summed E-state index contributed by atoms with van der Waals surface area (Å²) in [4.78, 5) is 34.8. The molecular formula is C32H38N6O4S. The summed E-state index contributed by atoms with van der Waals surface area (Å²) in [5, 5.41) is 15.7. The Morgan fingerprint density at radius 2 is 2.05 bits per heavy atom. The minimum absolute atomic E-state index is 0.0513. The highest BCUT2D eigenvalue weighted by molar-refractivity contribution is 7.14. The summed E-state index contributed by atoms with van der Waals surface area (Å²) in [5.74, 6) is 0.0155. The van der Waals surface area contributed by atoms with Crippen molar-refractivity contribution in [2.75, 3.05) is 47.6 Å². The number of aromatic nitrogens is 2. The molecule has 226 valence electrons. The fourth-order valence-corrected chi connectivity index (χ4v) is 6.27. The Hall–Kier alpha value is -4.19. The zero-order valence-corrected chi connectivity index (χ0v) is 25.8. The van der Waals surface area contributed by atoms with Crippen molar-refractivity contribution in [1.29, 1.82) is 0 Å². The van der Waals surface area contributed by atoms with Crippen molar-refractivity contribution < 1.29 is 14.6 Å². The molecule has 0 radical (unpaired) electrons. The van der Waals surface area contributed by atoms with Crippen LogP contribution in [-0.2, 0) is 18.2 Å². The molecule has 11 heteroatoms. The van der Waals surface area contributed by atoms with Crippen molar-refractivity contribution in [2.45, 2.75) is 39.7 Å². The lowest BCUT2D eigenvalue weighted by Crippen LogP contribution is -2.44. The highest BCUT2D eigenvalue weighted by Crippen LogP contribution is 2.31. The normalized spacial score (nSPS) is 15.0. The largest absolute Gasteiger partial charge is 0.397 e. The van der Waals surface area contributed by atoms with E-state index in [0.29, 0.717) is 47.3 Å². The molecule has 2 aromatic carbocycles. The number of aliphatic hydroxyl groups excluding tert-OH is 1. The predicted molar refractivity (Wildman–Crippen MR) is 174 cm³/mol. The van der Waals surface area contributed by atoms with Crippen LogP contribution in [0, 0.1) is 13.8 Å². The number of hydrogen-bond acceptors (Lipinski definition) is 9. The van der Waals surface area contributed by atoms with Gasteiger partial charge < -0.3 is 35.7 Å². The molecule has 0 bridgehead atoms. The van der Waals surface area contributed by atoms with Crippen LogP contribution in [0.2, 0.25) is 0 Å². The molecule has 1 atom stereocenters. The van der Waals surface area contributed by atoms with Crippen LogP contribution in [0.25, 0.3) is 11.3 Å². The summed E-state index contributed by atoms with van der Waals surface area (Å²) in [6, 6.07) is 13.2. The van der Waals surface area contributed by atoms with E-state index in [9.17, 15) is 14.7 Å². The number of nitrogens with two attached hydrogens (primary N) is 1. The number of nitrogen functional groups attached to an aromatic ring is 1. The number of anilines is 5. The second kappa shape index (κ2) is 13.0. The smallest absolute Gasteiger partial charge is 0.293 e. The molecule has 1 unspecified atom stereocenters. The van der Waals surface area contributed by atoms with Crippen LogP contribution in [0.4, 0.5) is 28.6 Å². The first-order valence-electron chi connectivity index (χ1n) is 14.4. The summed E-state index contributed by atoms with van der Waals surface area (Å²) in [5.41, 5.74) is 12.2. The summed E-state index contributed by atoms with van der Waals surface area (Å²) in [7, 11) is 1.68. The highest BCUT2D eigenvalue weighted by atomic mass is 32.1. The molecule has 1 aliphatic rings. The van der Waals surface area contributed by atoms with E-state index in [2.05, 4.69) is 34.4 Å². The minimum Gasteiger partial charge on any atom is -0.397 e. The van der Waals surface area contributed by atoms with E-state index in [1.54, 1.807) is 19.3 Å². The second-order valence-electron chi connectivity index (χ2n) is 10.8. The van der Waals surface area contributed by atoms with E-state index in [4.69, 9.17) is 10.5 Å². The molecule has 1 amide bonds. The maximum Gasteiger partial charge on any atom is 0.293 e. The van der Waals surface area contributed by atoms with Gasteiger partial charge in [0.1, 0.15) is 0 Å². The Labute approximate surface area is 255 Å². The molecule has 0 spiro atoms. The average Bonchev–Trinajstić information content (AvgIpc) is 3.36. The van der Waals surface area contributed by atoms with E-state index < -0.39 is 0 Å². The fraction of sp³-hybridized carbons (Fsp3) is 0.344. The van der Waals surface area contributed by atoms with Gasteiger partial charge in [-0.2, -0.15) is 0 Å². The summed E-state index contributed by atoms with van der Waals surface area (Å²) < 4.78 is 7.04. The molecule has 1 saturated heterocycles. The Kier molecular flexibility index (Phi) is 9.14. The highest BCUT2D eigenvalue weighted by Gasteiger charge is 2.22. The van der Waals surface area contributed by atoms with Crippen molar-refractivity contribution in [3.8, 4) is 11.3 Å². The van der Waals surface area contributed by atoms with E-state index >= 15 is 0 Å². The molecule has 10 nitrogen and oxygen atoms in total. The summed E-state index contributed by atoms with van der Waals surface area (Å²) in [6.07, 6.45) is 3.42. The van der Waals surface area contributed by atoms with Gasteiger partial charge in [0.2, 0.25) is 0 Å². The first-order chi connectivity index (χ1) is 20.7. The molecule has 2 aromatic heterocycles. The van der Waals surface area contributed by atoms with Gasteiger partial charge in [0.25, 0.3) is 11.5 Å². The minimum atomic E-state index is -0.288. The molecule has 4 aromatic rings. The van der Waals surface area contributed by atoms with Crippen LogP contribution < -0.4 is 26.8 Å². The molecular weight excluding hydrogens is 564 g/mol. The number of thiophene rings is 1. The molecule has 1 aliphatic heterocycles. The Morgan fingerprint density at radius 3 is 2.79 bits per heavy atom. The quantitative estimate of drug-likeness (QED) is 0.200. The molecule has 5 rings (SSSR count). The predicted octanol–water partition coefficient (Wildman–Crippen LogP) is 4.85. The van der Waals surface area contributed by atoms with Crippen LogP contribution in [0.1, 0.15) is 39.0 Å². The maximum atomic E-state index is 13.1. The van der Waals surface area contributed by atoms with Crippen LogP contribution >= 0.6 is 11.3 Å². The number of carbonyl (C=O) groups excluding carboxylic acids is 1. The van der Waals surface area contributed by atoms with Gasteiger partial charge in [-0.25, -0.2) is 4.98 Å². The van der Waals surface area contributed by atoms with Crippen molar-refractivity contribution in [3.63, 3.8) is 0 Å². The van der Waals surface area contributed by atoms with Gasteiger partial charge >= 0.3 is 0 Å². The molecule has 0 aliphatic carbocycles. The summed E-state index contributed by atoms with van der Waals surface area (Å²) in [6.45, 7) is 7.78. The molecule has 43 heavy (non-hydrogen) atoms. The number of aliphatic hydroxyl groups is 1. The average molecular weight is 603 g/mol. The molecule has 1 fully saturated rings. The number of benzene rings is 2. The van der Waals surface area contributed by atoms with Crippen molar-refractivity contribution in [2.24, 2.45) is 7.05 Å². The monoisotopic (exact) mass is 602 g/mol. The standard InChI is InChI=1S/C32H38N6O4S/c1-5-7-21-14-29(43-20(21)3)31(40)36-26-9-6-8-24(19(26)2)27-17-37(4)32(41)30(35-27)34-22-10-11-28(25(33)15-22)38-12-13-42-23(16-38)18-39/h6,8-11,14-15,17,23,39H,5,7,12-13,16,18,33H2,1-4H3,(H,34,35)(H,36,40). The fourth-order valence-electron chi connectivity index (χ4n) is 5.30. The third-order valence-corrected chi connectivity index (χ3v) is 8.76. The lowest BCUT2D eigenvalue weighted by Gasteiger charge is -2.34.